The second kappa shape index (κ2) is 2.68. The minimum Gasteiger partial charge on any atom is -0.396 e. The number of hydrogen-bond acceptors (Lipinski definition) is 5. The Morgan fingerprint density at radius 2 is 2.15 bits per heavy atom. The van der Waals surface area contributed by atoms with Gasteiger partial charge in [0.05, 0.1) is 15.4 Å². The van der Waals surface area contributed by atoms with Gasteiger partial charge >= 0.3 is 0 Å². The minimum atomic E-state index is -0.481. The van der Waals surface area contributed by atoms with Crippen LogP contribution >= 0.6 is 22.7 Å². The highest BCUT2D eigenvalue weighted by atomic mass is 32.1. The van der Waals surface area contributed by atoms with E-state index in [2.05, 4.69) is 4.98 Å². The number of nitrogen functional groups attached to an aromatic ring is 1. The number of thiazole rings is 1. The number of carbonyl (C=O) groups is 1. The van der Waals surface area contributed by atoms with Crippen molar-refractivity contribution >= 4 is 43.8 Å². The zero-order valence-electron chi connectivity index (χ0n) is 6.83. The summed E-state index contributed by atoms with van der Waals surface area (Å²) in [6.45, 7) is 1.90. The quantitative estimate of drug-likeness (QED) is 0.750. The zero-order valence-corrected chi connectivity index (χ0v) is 8.46. The van der Waals surface area contributed by atoms with Crippen molar-refractivity contribution in [2.45, 2.75) is 6.92 Å². The number of aromatic nitrogens is 1. The first-order chi connectivity index (χ1) is 6.09. The van der Waals surface area contributed by atoms with Crippen molar-refractivity contribution < 1.29 is 4.79 Å². The van der Waals surface area contributed by atoms with E-state index in [1.165, 1.54) is 22.7 Å². The van der Waals surface area contributed by atoms with Crippen LogP contribution in [0.3, 0.4) is 0 Å². The van der Waals surface area contributed by atoms with Gasteiger partial charge < -0.3 is 11.5 Å². The van der Waals surface area contributed by atoms with E-state index in [1.54, 1.807) is 0 Å². The molecule has 1 amide bonds. The van der Waals surface area contributed by atoms with Crippen molar-refractivity contribution in [3.8, 4) is 0 Å². The smallest absolute Gasteiger partial charge is 0.261 e. The van der Waals surface area contributed by atoms with Crippen LogP contribution in [0.2, 0.25) is 0 Å². The highest BCUT2D eigenvalue weighted by Crippen LogP contribution is 2.36. The van der Waals surface area contributed by atoms with Gasteiger partial charge in [-0.2, -0.15) is 0 Å². The summed E-state index contributed by atoms with van der Waals surface area (Å²) in [6.07, 6.45) is 0. The molecule has 0 atom stereocenters. The van der Waals surface area contributed by atoms with E-state index in [0.717, 1.165) is 14.5 Å². The molecule has 2 aromatic rings. The van der Waals surface area contributed by atoms with Crippen LogP contribution < -0.4 is 11.5 Å². The highest BCUT2D eigenvalue weighted by Gasteiger charge is 2.16. The molecule has 2 aromatic heterocycles. The Kier molecular flexibility index (Phi) is 1.74. The van der Waals surface area contributed by atoms with E-state index in [4.69, 9.17) is 11.5 Å². The number of rotatable bonds is 1. The number of carbonyl (C=O) groups excluding carboxylic acids is 1. The van der Waals surface area contributed by atoms with Crippen LogP contribution in [0, 0.1) is 6.92 Å². The second-order valence-electron chi connectivity index (χ2n) is 2.58. The van der Waals surface area contributed by atoms with Crippen molar-refractivity contribution in [3.63, 3.8) is 0 Å². The van der Waals surface area contributed by atoms with Gasteiger partial charge in [0.15, 0.2) is 0 Å². The van der Waals surface area contributed by atoms with E-state index in [1.807, 2.05) is 6.92 Å². The number of hydrogen-bond donors (Lipinski definition) is 2. The number of nitrogens with two attached hydrogens (primary N) is 2. The van der Waals surface area contributed by atoms with Crippen LogP contribution in [0.1, 0.15) is 14.7 Å². The summed E-state index contributed by atoms with van der Waals surface area (Å²) in [5.41, 5.74) is 11.3. The molecule has 0 aliphatic rings. The third-order valence-electron chi connectivity index (χ3n) is 1.61. The predicted molar refractivity (Wildman–Crippen MR) is 55.2 cm³/mol. The lowest BCUT2D eigenvalue weighted by atomic mass is 10.4. The molecule has 2 rings (SSSR count). The monoisotopic (exact) mass is 213 g/mol. The summed E-state index contributed by atoms with van der Waals surface area (Å²) < 4.78 is 0.872. The number of anilines is 1. The molecule has 0 spiro atoms. The maximum Gasteiger partial charge on any atom is 0.261 e. The highest BCUT2D eigenvalue weighted by molar-refractivity contribution is 7.29. The number of aryl methyl sites for hydroxylation is 1. The maximum absolute atomic E-state index is 10.9. The van der Waals surface area contributed by atoms with Crippen LogP contribution in [-0.4, -0.2) is 10.9 Å². The summed E-state index contributed by atoms with van der Waals surface area (Å²) in [5.74, 6) is -0.481. The lowest BCUT2D eigenvalue weighted by Crippen LogP contribution is -2.10. The van der Waals surface area contributed by atoms with Gasteiger partial charge in [0.25, 0.3) is 5.91 Å². The number of primary amides is 1. The molecule has 6 heteroatoms. The van der Waals surface area contributed by atoms with Gasteiger partial charge in [-0.25, -0.2) is 4.98 Å². The molecule has 0 saturated heterocycles. The molecular weight excluding hydrogens is 206 g/mol. The minimum absolute atomic E-state index is 0.411. The molecule has 0 radical (unpaired) electrons. The third kappa shape index (κ3) is 1.18. The van der Waals surface area contributed by atoms with Gasteiger partial charge in [0.1, 0.15) is 9.71 Å². The average molecular weight is 213 g/mol. The predicted octanol–water partition coefficient (Wildman–Crippen LogP) is 1.35. The summed E-state index contributed by atoms with van der Waals surface area (Å²) >= 11 is 2.74. The van der Waals surface area contributed by atoms with Crippen LogP contribution in [-0.2, 0) is 0 Å². The molecule has 4 nitrogen and oxygen atoms in total. The Hall–Kier alpha value is -1.14. The Bertz CT molecular complexity index is 485. The average Bonchev–Trinajstić information content (AvgIpc) is 2.51. The molecule has 0 aliphatic carbocycles. The van der Waals surface area contributed by atoms with E-state index in [9.17, 15) is 4.79 Å². The van der Waals surface area contributed by atoms with Crippen molar-refractivity contribution in [3.05, 3.63) is 9.88 Å². The number of thiophene rings is 1. The molecule has 0 bridgehead atoms. The lowest BCUT2D eigenvalue weighted by Gasteiger charge is -1.89. The first kappa shape index (κ1) is 8.46. The standard InChI is InChI=1S/C7H7N3OS2/c1-2-10-7-5(12-2)3(8)4(13-7)6(9)11/h8H2,1H3,(H2,9,11). The fraction of sp³-hybridized carbons (Fsp3) is 0.143. The fourth-order valence-corrected chi connectivity index (χ4v) is 3.13. The number of amides is 1. The lowest BCUT2D eigenvalue weighted by molar-refractivity contribution is 0.100. The van der Waals surface area contributed by atoms with Crippen LogP contribution in [0.25, 0.3) is 9.53 Å². The summed E-state index contributed by atoms with van der Waals surface area (Å²) in [6, 6.07) is 0. The molecular formula is C7H7N3OS2. The molecule has 0 saturated carbocycles. The molecule has 0 aromatic carbocycles. The van der Waals surface area contributed by atoms with Crippen molar-refractivity contribution in [1.82, 2.24) is 4.98 Å². The van der Waals surface area contributed by atoms with Gasteiger partial charge in [-0.1, -0.05) is 0 Å². The Labute approximate surface area is 82.2 Å². The van der Waals surface area contributed by atoms with Crippen molar-refractivity contribution in [1.29, 1.82) is 0 Å². The van der Waals surface area contributed by atoms with Crippen molar-refractivity contribution in [2.24, 2.45) is 5.73 Å². The molecule has 0 aliphatic heterocycles. The molecule has 2 heterocycles. The number of nitrogens with zero attached hydrogens (tertiary/aromatic N) is 1. The fourth-order valence-electron chi connectivity index (χ4n) is 1.09. The van der Waals surface area contributed by atoms with E-state index in [-0.39, 0.29) is 0 Å². The largest absolute Gasteiger partial charge is 0.396 e. The number of fused-ring (bicyclic) bond motifs is 1. The molecule has 68 valence electrons. The molecule has 13 heavy (non-hydrogen) atoms. The molecule has 0 fully saturated rings. The summed E-state index contributed by atoms with van der Waals surface area (Å²) in [4.78, 5) is 16.3. The Morgan fingerprint density at radius 3 is 2.69 bits per heavy atom. The second-order valence-corrected chi connectivity index (χ2v) is 4.78. The van der Waals surface area contributed by atoms with Gasteiger partial charge in [0.2, 0.25) is 0 Å². The SMILES string of the molecule is Cc1nc2sc(C(N)=O)c(N)c2s1. The molecule has 0 unspecified atom stereocenters. The van der Waals surface area contributed by atoms with E-state index < -0.39 is 5.91 Å². The normalized spacial score (nSPS) is 10.8. The first-order valence-electron chi connectivity index (χ1n) is 3.55. The van der Waals surface area contributed by atoms with E-state index >= 15 is 0 Å². The van der Waals surface area contributed by atoms with Crippen LogP contribution in [0.5, 0.6) is 0 Å². The summed E-state index contributed by atoms with van der Waals surface area (Å²) in [7, 11) is 0. The molecule has 4 N–H and O–H groups in total. The van der Waals surface area contributed by atoms with Gasteiger partial charge in [0, 0.05) is 0 Å². The first-order valence-corrected chi connectivity index (χ1v) is 5.18. The van der Waals surface area contributed by atoms with Crippen molar-refractivity contribution in [2.75, 3.05) is 5.73 Å². The van der Waals surface area contributed by atoms with Gasteiger partial charge in [-0.05, 0) is 6.92 Å². The Balaban J connectivity index is 2.76. The van der Waals surface area contributed by atoms with Crippen LogP contribution in [0.4, 0.5) is 5.69 Å². The maximum atomic E-state index is 10.9. The Morgan fingerprint density at radius 1 is 1.46 bits per heavy atom. The van der Waals surface area contributed by atoms with Crippen LogP contribution in [0.15, 0.2) is 0 Å². The van der Waals surface area contributed by atoms with Gasteiger partial charge in [-0.15, -0.1) is 22.7 Å². The topological polar surface area (TPSA) is 82.0 Å². The van der Waals surface area contributed by atoms with E-state index in [0.29, 0.717) is 10.6 Å². The third-order valence-corrected chi connectivity index (χ3v) is 3.86. The zero-order chi connectivity index (χ0) is 9.59. The van der Waals surface area contributed by atoms with Gasteiger partial charge in [-0.3, -0.25) is 4.79 Å². The summed E-state index contributed by atoms with van der Waals surface area (Å²) in [5, 5.41) is 0.948.